The summed E-state index contributed by atoms with van der Waals surface area (Å²) >= 11 is 0. The first-order chi connectivity index (χ1) is 13.6. The Kier molecular flexibility index (Phi) is 8.02. The van der Waals surface area contributed by atoms with Crippen LogP contribution in [0.4, 0.5) is 0 Å². The lowest BCUT2D eigenvalue weighted by Crippen LogP contribution is -2.44. The number of carbonyl (C=O) groups is 1. The van der Waals surface area contributed by atoms with Crippen molar-refractivity contribution in [2.75, 3.05) is 39.3 Å². The van der Waals surface area contributed by atoms with Crippen LogP contribution in [0.1, 0.15) is 31.2 Å². The van der Waals surface area contributed by atoms with Crippen LogP contribution in [0.2, 0.25) is 0 Å². The van der Waals surface area contributed by atoms with Gasteiger partial charge in [-0.05, 0) is 31.4 Å². The fourth-order valence-corrected chi connectivity index (χ4v) is 4.35. The van der Waals surface area contributed by atoms with E-state index < -0.39 is 10.3 Å². The summed E-state index contributed by atoms with van der Waals surface area (Å²) in [4.78, 5) is 16.7. The average Bonchev–Trinajstić information content (AvgIpc) is 2.95. The Balaban J connectivity index is 1.49. The Morgan fingerprint density at radius 1 is 1.07 bits per heavy atom. The van der Waals surface area contributed by atoms with Crippen molar-refractivity contribution in [2.45, 2.75) is 38.3 Å². The zero-order valence-corrected chi connectivity index (χ0v) is 17.0. The molecule has 0 aliphatic carbocycles. The lowest BCUT2D eigenvalue weighted by atomic mass is 10.1. The number of nitrogens with one attached hydrogen (secondary N) is 1. The molecule has 0 radical (unpaired) electrons. The van der Waals surface area contributed by atoms with Crippen molar-refractivity contribution < 1.29 is 17.9 Å². The Labute approximate surface area is 168 Å². The molecule has 0 bridgehead atoms. The molecule has 1 unspecified atom stereocenters. The molecule has 154 valence electrons. The summed E-state index contributed by atoms with van der Waals surface area (Å²) in [7, 11) is -2.45. The number of amides is 1. The van der Waals surface area contributed by atoms with Gasteiger partial charge in [0, 0.05) is 32.7 Å². The van der Waals surface area contributed by atoms with Crippen LogP contribution in [0.25, 0.3) is 0 Å². The molecule has 2 aliphatic heterocycles. The zero-order chi connectivity index (χ0) is 19.8. The van der Waals surface area contributed by atoms with Gasteiger partial charge < -0.3 is 15.0 Å². The number of hydrogen-bond acceptors (Lipinski definition) is 6. The molecule has 2 saturated heterocycles. The van der Waals surface area contributed by atoms with Crippen LogP contribution < -0.4 is 5.32 Å². The standard InChI is InChI=1S/C20H29N3O4S/c24-19(16-27-20(28(25)26)18-9-4-5-10-21-18)23-12-6-11-22(13-14-23)15-17-7-2-1-3-8-17/h1-3,7-8,18,21H,4-6,9-16H2. The zero-order valence-electron chi connectivity index (χ0n) is 16.2. The van der Waals surface area contributed by atoms with E-state index in [2.05, 4.69) is 22.3 Å². The molecule has 0 saturated carbocycles. The highest BCUT2D eigenvalue weighted by atomic mass is 32.2. The van der Waals surface area contributed by atoms with Crippen LogP contribution in [-0.2, 0) is 26.4 Å². The minimum atomic E-state index is -2.45. The van der Waals surface area contributed by atoms with Crippen molar-refractivity contribution in [3.05, 3.63) is 35.9 Å². The molecule has 1 atom stereocenters. The normalized spacial score (nSPS) is 21.1. The second kappa shape index (κ2) is 10.7. The second-order valence-electron chi connectivity index (χ2n) is 7.34. The Hall–Kier alpha value is -1.74. The Morgan fingerprint density at radius 2 is 1.89 bits per heavy atom. The van der Waals surface area contributed by atoms with Crippen LogP contribution in [-0.4, -0.2) is 74.5 Å². The highest BCUT2D eigenvalue weighted by Gasteiger charge is 2.24. The smallest absolute Gasteiger partial charge is 0.249 e. The molecule has 1 amide bonds. The van der Waals surface area contributed by atoms with Gasteiger partial charge >= 0.3 is 0 Å². The van der Waals surface area contributed by atoms with Crippen LogP contribution in [0.5, 0.6) is 0 Å². The first kappa shape index (κ1) is 21.0. The SMILES string of the molecule is O=C(COC(C1CCCCN1)=S(=O)=O)N1CCCN(Cc2ccccc2)CC1. The summed E-state index contributed by atoms with van der Waals surface area (Å²) in [6.07, 6.45) is 3.60. The van der Waals surface area contributed by atoms with Crippen molar-refractivity contribution in [3.8, 4) is 0 Å². The quantitative estimate of drug-likeness (QED) is 0.731. The second-order valence-corrected chi connectivity index (χ2v) is 8.21. The number of piperidine rings is 1. The van der Waals surface area contributed by atoms with Gasteiger partial charge in [0.05, 0.1) is 6.04 Å². The number of hydrogen-bond donors (Lipinski definition) is 1. The summed E-state index contributed by atoms with van der Waals surface area (Å²) < 4.78 is 28.5. The number of carbonyl (C=O) groups excluding carboxylic acids is 1. The maximum Gasteiger partial charge on any atom is 0.249 e. The molecule has 1 aromatic carbocycles. The van der Waals surface area contributed by atoms with E-state index in [1.807, 2.05) is 18.2 Å². The lowest BCUT2D eigenvalue weighted by Gasteiger charge is -2.24. The molecule has 0 spiro atoms. The predicted molar refractivity (Wildman–Crippen MR) is 108 cm³/mol. The number of ether oxygens (including phenoxy) is 1. The van der Waals surface area contributed by atoms with Gasteiger partial charge in [0.1, 0.15) is 6.61 Å². The van der Waals surface area contributed by atoms with E-state index in [9.17, 15) is 13.2 Å². The van der Waals surface area contributed by atoms with Crippen LogP contribution in [0, 0.1) is 0 Å². The van der Waals surface area contributed by atoms with E-state index in [1.165, 1.54) is 5.56 Å². The van der Waals surface area contributed by atoms with Gasteiger partial charge in [-0.25, -0.2) is 0 Å². The van der Waals surface area contributed by atoms with Gasteiger partial charge in [-0.2, -0.15) is 8.42 Å². The van der Waals surface area contributed by atoms with Crippen molar-refractivity contribution in [1.82, 2.24) is 15.1 Å². The van der Waals surface area contributed by atoms with Gasteiger partial charge in [-0.15, -0.1) is 0 Å². The van der Waals surface area contributed by atoms with Crippen molar-refractivity contribution in [2.24, 2.45) is 0 Å². The number of rotatable bonds is 5. The summed E-state index contributed by atoms with van der Waals surface area (Å²) in [5.41, 5.74) is 1.27. The van der Waals surface area contributed by atoms with Gasteiger partial charge in [0.15, 0.2) is 5.05 Å². The molecule has 2 fully saturated rings. The molecule has 8 heteroatoms. The van der Waals surface area contributed by atoms with Crippen LogP contribution in [0.3, 0.4) is 0 Å². The summed E-state index contributed by atoms with van der Waals surface area (Å²) in [6.45, 7) is 4.46. The maximum atomic E-state index is 12.6. The molecule has 2 aliphatic rings. The molecule has 3 rings (SSSR count). The van der Waals surface area contributed by atoms with Gasteiger partial charge in [0.2, 0.25) is 16.2 Å². The van der Waals surface area contributed by atoms with Gasteiger partial charge in [-0.1, -0.05) is 36.8 Å². The van der Waals surface area contributed by atoms with E-state index in [-0.39, 0.29) is 23.6 Å². The minimum absolute atomic E-state index is 0.0337. The van der Waals surface area contributed by atoms with E-state index in [1.54, 1.807) is 4.90 Å². The first-order valence-electron chi connectivity index (χ1n) is 10.00. The maximum absolute atomic E-state index is 12.6. The molecule has 0 aromatic heterocycles. The summed E-state index contributed by atoms with van der Waals surface area (Å²) in [5.74, 6) is -0.152. The van der Waals surface area contributed by atoms with Crippen LogP contribution in [0.15, 0.2) is 30.3 Å². The molecule has 1 aromatic rings. The average molecular weight is 408 g/mol. The molecule has 28 heavy (non-hydrogen) atoms. The Morgan fingerprint density at radius 3 is 2.61 bits per heavy atom. The molecule has 1 N–H and O–H groups in total. The Bertz CT molecular complexity index is 768. The minimum Gasteiger partial charge on any atom is -0.339 e. The summed E-state index contributed by atoms with van der Waals surface area (Å²) in [5, 5.41) is 3.12. The third kappa shape index (κ3) is 6.13. The number of benzene rings is 1. The first-order valence-corrected chi connectivity index (χ1v) is 11.1. The molecule has 7 nitrogen and oxygen atoms in total. The van der Waals surface area contributed by atoms with E-state index >= 15 is 0 Å². The highest BCUT2D eigenvalue weighted by molar-refractivity contribution is 7.72. The third-order valence-corrected chi connectivity index (χ3v) is 6.02. The van der Waals surface area contributed by atoms with E-state index in [0.717, 1.165) is 51.9 Å². The topological polar surface area (TPSA) is 78.9 Å². The van der Waals surface area contributed by atoms with E-state index in [0.29, 0.717) is 13.1 Å². The summed E-state index contributed by atoms with van der Waals surface area (Å²) in [6, 6.07) is 9.99. The molecular formula is C20H29N3O4S. The fourth-order valence-electron chi connectivity index (χ4n) is 3.76. The van der Waals surface area contributed by atoms with Gasteiger partial charge in [0.25, 0.3) is 0 Å². The number of nitrogens with zero attached hydrogens (tertiary/aromatic N) is 2. The fraction of sp³-hybridized carbons (Fsp3) is 0.600. The lowest BCUT2D eigenvalue weighted by molar-refractivity contribution is -0.133. The largest absolute Gasteiger partial charge is 0.339 e. The van der Waals surface area contributed by atoms with Gasteiger partial charge in [-0.3, -0.25) is 9.69 Å². The van der Waals surface area contributed by atoms with Crippen molar-refractivity contribution in [1.29, 1.82) is 0 Å². The van der Waals surface area contributed by atoms with Crippen LogP contribution >= 0.6 is 0 Å². The highest BCUT2D eigenvalue weighted by Crippen LogP contribution is 2.11. The monoisotopic (exact) mass is 407 g/mol. The van der Waals surface area contributed by atoms with Crippen molar-refractivity contribution >= 4 is 21.3 Å². The molecule has 2 heterocycles. The predicted octanol–water partition coefficient (Wildman–Crippen LogP) is 0.889. The third-order valence-electron chi connectivity index (χ3n) is 5.29. The molecular weight excluding hydrogens is 378 g/mol. The van der Waals surface area contributed by atoms with Crippen molar-refractivity contribution in [3.63, 3.8) is 0 Å². The van der Waals surface area contributed by atoms with E-state index in [4.69, 9.17) is 4.74 Å².